The maximum atomic E-state index is 5.42. The van der Waals surface area contributed by atoms with Gasteiger partial charge in [0.1, 0.15) is 0 Å². The quantitative estimate of drug-likeness (QED) is 0.652. The summed E-state index contributed by atoms with van der Waals surface area (Å²) in [5, 5.41) is 3.41. The zero-order chi connectivity index (χ0) is 11.0. The second kappa shape index (κ2) is 7.24. The van der Waals surface area contributed by atoms with Crippen molar-refractivity contribution in [2.24, 2.45) is 5.92 Å². The molecule has 0 saturated heterocycles. The Bertz CT molecular complexity index is 134. The molecular formula is C12H27NO. The van der Waals surface area contributed by atoms with Crippen molar-refractivity contribution in [3.05, 3.63) is 0 Å². The molecule has 0 amide bonds. The molecule has 0 aromatic carbocycles. The van der Waals surface area contributed by atoms with E-state index in [4.69, 9.17) is 4.74 Å². The molecule has 0 heterocycles. The molecule has 1 atom stereocenters. The van der Waals surface area contributed by atoms with Gasteiger partial charge in [-0.2, -0.15) is 0 Å². The standard InChI is InChI=1S/C12H27NO/c1-6-11(10-13-7-2)8-9-12(3,4)14-5/h11,13H,6-10H2,1-5H3. The normalized spacial score (nSPS) is 14.4. The summed E-state index contributed by atoms with van der Waals surface area (Å²) in [6.07, 6.45) is 3.66. The van der Waals surface area contributed by atoms with Gasteiger partial charge in [0.15, 0.2) is 0 Å². The highest BCUT2D eigenvalue weighted by atomic mass is 16.5. The summed E-state index contributed by atoms with van der Waals surface area (Å²) in [7, 11) is 1.80. The van der Waals surface area contributed by atoms with Crippen LogP contribution < -0.4 is 5.32 Å². The molecule has 0 bridgehead atoms. The average molecular weight is 201 g/mol. The first-order chi connectivity index (χ1) is 6.55. The van der Waals surface area contributed by atoms with Crippen molar-refractivity contribution < 1.29 is 4.74 Å². The van der Waals surface area contributed by atoms with E-state index in [0.29, 0.717) is 0 Å². The number of hydrogen-bond acceptors (Lipinski definition) is 2. The molecule has 14 heavy (non-hydrogen) atoms. The molecule has 2 heteroatoms. The van der Waals surface area contributed by atoms with E-state index in [1.807, 2.05) is 0 Å². The van der Waals surface area contributed by atoms with Gasteiger partial charge in [0.05, 0.1) is 5.60 Å². The van der Waals surface area contributed by atoms with E-state index >= 15 is 0 Å². The minimum absolute atomic E-state index is 0.0413. The summed E-state index contributed by atoms with van der Waals surface area (Å²) in [5.74, 6) is 0.796. The Kier molecular flexibility index (Phi) is 7.20. The van der Waals surface area contributed by atoms with Crippen LogP contribution in [0.4, 0.5) is 0 Å². The van der Waals surface area contributed by atoms with Gasteiger partial charge < -0.3 is 10.1 Å². The van der Waals surface area contributed by atoms with Crippen LogP contribution in [0, 0.1) is 5.92 Å². The summed E-state index contributed by atoms with van der Waals surface area (Å²) in [6, 6.07) is 0. The monoisotopic (exact) mass is 201 g/mol. The van der Waals surface area contributed by atoms with E-state index in [2.05, 4.69) is 33.0 Å². The van der Waals surface area contributed by atoms with Crippen molar-refractivity contribution in [1.29, 1.82) is 0 Å². The van der Waals surface area contributed by atoms with Crippen molar-refractivity contribution in [3.63, 3.8) is 0 Å². The van der Waals surface area contributed by atoms with Gasteiger partial charge in [0, 0.05) is 7.11 Å². The highest BCUT2D eigenvalue weighted by Gasteiger charge is 2.18. The fourth-order valence-electron chi connectivity index (χ4n) is 1.45. The van der Waals surface area contributed by atoms with Crippen molar-refractivity contribution >= 4 is 0 Å². The Labute approximate surface area is 89.4 Å². The number of rotatable bonds is 8. The lowest BCUT2D eigenvalue weighted by Gasteiger charge is -2.25. The molecule has 0 fully saturated rings. The van der Waals surface area contributed by atoms with Gasteiger partial charge in [-0.25, -0.2) is 0 Å². The molecule has 1 N–H and O–H groups in total. The summed E-state index contributed by atoms with van der Waals surface area (Å²) >= 11 is 0. The van der Waals surface area contributed by atoms with E-state index in [0.717, 1.165) is 25.4 Å². The molecule has 86 valence electrons. The second-order valence-corrected chi connectivity index (χ2v) is 4.58. The van der Waals surface area contributed by atoms with Crippen molar-refractivity contribution in [1.82, 2.24) is 5.32 Å². The number of methoxy groups -OCH3 is 1. The van der Waals surface area contributed by atoms with Crippen molar-refractivity contribution in [2.75, 3.05) is 20.2 Å². The number of ether oxygens (including phenoxy) is 1. The van der Waals surface area contributed by atoms with Crippen LogP contribution in [-0.2, 0) is 4.74 Å². The van der Waals surface area contributed by atoms with E-state index in [-0.39, 0.29) is 5.60 Å². The predicted molar refractivity (Wildman–Crippen MR) is 62.6 cm³/mol. The highest BCUT2D eigenvalue weighted by molar-refractivity contribution is 4.71. The summed E-state index contributed by atoms with van der Waals surface area (Å²) < 4.78 is 5.42. The van der Waals surface area contributed by atoms with Gasteiger partial charge >= 0.3 is 0 Å². The van der Waals surface area contributed by atoms with Gasteiger partial charge in [-0.15, -0.1) is 0 Å². The topological polar surface area (TPSA) is 21.3 Å². The molecule has 1 unspecified atom stereocenters. The van der Waals surface area contributed by atoms with Crippen LogP contribution in [0.2, 0.25) is 0 Å². The van der Waals surface area contributed by atoms with E-state index in [9.17, 15) is 0 Å². The Hall–Kier alpha value is -0.0800. The Balaban J connectivity index is 3.71. The third kappa shape index (κ3) is 6.39. The van der Waals surface area contributed by atoms with E-state index in [1.165, 1.54) is 12.8 Å². The SMILES string of the molecule is CCNCC(CC)CCC(C)(C)OC. The van der Waals surface area contributed by atoms with Crippen molar-refractivity contribution in [2.45, 2.75) is 52.6 Å². The Morgan fingerprint density at radius 2 is 1.93 bits per heavy atom. The van der Waals surface area contributed by atoms with Crippen LogP contribution >= 0.6 is 0 Å². The maximum Gasteiger partial charge on any atom is 0.0622 e. The first kappa shape index (κ1) is 13.9. The minimum Gasteiger partial charge on any atom is -0.379 e. The molecule has 0 radical (unpaired) electrons. The lowest BCUT2D eigenvalue weighted by Crippen LogP contribution is -2.27. The van der Waals surface area contributed by atoms with Gasteiger partial charge in [-0.1, -0.05) is 20.3 Å². The third-order valence-electron chi connectivity index (χ3n) is 2.97. The van der Waals surface area contributed by atoms with Crippen LogP contribution in [0.15, 0.2) is 0 Å². The van der Waals surface area contributed by atoms with Gasteiger partial charge in [-0.3, -0.25) is 0 Å². The minimum atomic E-state index is 0.0413. The molecule has 0 aromatic heterocycles. The van der Waals surface area contributed by atoms with Crippen molar-refractivity contribution in [3.8, 4) is 0 Å². The van der Waals surface area contributed by atoms with Gasteiger partial charge in [-0.05, 0) is 45.7 Å². The first-order valence-corrected chi connectivity index (χ1v) is 5.81. The van der Waals surface area contributed by atoms with Crippen LogP contribution in [-0.4, -0.2) is 25.8 Å². The molecule has 0 spiro atoms. The van der Waals surface area contributed by atoms with Crippen LogP contribution in [0.25, 0.3) is 0 Å². The molecule has 0 aliphatic heterocycles. The lowest BCUT2D eigenvalue weighted by atomic mass is 9.93. The predicted octanol–water partition coefficient (Wildman–Crippen LogP) is 2.83. The maximum absolute atomic E-state index is 5.42. The number of nitrogens with one attached hydrogen (secondary N) is 1. The van der Waals surface area contributed by atoms with Crippen LogP contribution in [0.3, 0.4) is 0 Å². The smallest absolute Gasteiger partial charge is 0.0622 e. The van der Waals surface area contributed by atoms with Gasteiger partial charge in [0.2, 0.25) is 0 Å². The zero-order valence-corrected chi connectivity index (χ0v) is 10.5. The molecule has 0 aromatic rings. The molecule has 0 rings (SSSR count). The third-order valence-corrected chi connectivity index (χ3v) is 2.97. The fourth-order valence-corrected chi connectivity index (χ4v) is 1.45. The number of hydrogen-bond donors (Lipinski definition) is 1. The molecule has 0 saturated carbocycles. The van der Waals surface area contributed by atoms with Crippen LogP contribution in [0.5, 0.6) is 0 Å². The summed E-state index contributed by atoms with van der Waals surface area (Å²) in [6.45, 7) is 11.0. The van der Waals surface area contributed by atoms with Gasteiger partial charge in [0.25, 0.3) is 0 Å². The summed E-state index contributed by atoms with van der Waals surface area (Å²) in [5.41, 5.74) is 0.0413. The first-order valence-electron chi connectivity index (χ1n) is 5.81. The molecule has 2 nitrogen and oxygen atoms in total. The van der Waals surface area contributed by atoms with E-state index in [1.54, 1.807) is 7.11 Å². The van der Waals surface area contributed by atoms with Crippen LogP contribution in [0.1, 0.15) is 47.0 Å². The molecular weight excluding hydrogens is 174 g/mol. The van der Waals surface area contributed by atoms with E-state index < -0.39 is 0 Å². The largest absolute Gasteiger partial charge is 0.379 e. The molecule has 0 aliphatic carbocycles. The molecule has 0 aliphatic rings. The highest BCUT2D eigenvalue weighted by Crippen LogP contribution is 2.20. The fraction of sp³-hybridized carbons (Fsp3) is 1.00. The second-order valence-electron chi connectivity index (χ2n) is 4.58. The zero-order valence-electron chi connectivity index (χ0n) is 10.5. The summed E-state index contributed by atoms with van der Waals surface area (Å²) in [4.78, 5) is 0. The Morgan fingerprint density at radius 1 is 1.29 bits per heavy atom. The average Bonchev–Trinajstić information content (AvgIpc) is 2.18. The lowest BCUT2D eigenvalue weighted by molar-refractivity contribution is 0.0102. The Morgan fingerprint density at radius 3 is 2.36 bits per heavy atom.